The molecule has 0 spiro atoms. The van der Waals surface area contributed by atoms with Crippen molar-refractivity contribution in [2.45, 2.75) is 0 Å². The molecule has 13 aromatic rings. The van der Waals surface area contributed by atoms with Crippen molar-refractivity contribution in [1.82, 2.24) is 9.13 Å². The van der Waals surface area contributed by atoms with E-state index in [1.165, 1.54) is 95.7 Å². The first-order chi connectivity index (χ1) is 31.8. The Morgan fingerprint density at radius 1 is 0.297 bits per heavy atom. The molecule has 0 fully saturated rings. The predicted molar refractivity (Wildman–Crippen MR) is 277 cm³/mol. The zero-order valence-corrected chi connectivity index (χ0v) is 36.7. The monoisotopic (exact) mass is 848 g/mol. The number of benzene rings is 10. The first-order valence-corrected chi connectivity index (χ1v) is 24.8. The van der Waals surface area contributed by atoms with E-state index < -0.39 is 8.07 Å². The van der Waals surface area contributed by atoms with Crippen molar-refractivity contribution in [3.63, 3.8) is 0 Å². The number of fused-ring (bicyclic) bond motifs is 9. The number of rotatable bonds is 7. The Morgan fingerprint density at radius 2 is 0.797 bits per heavy atom. The lowest BCUT2D eigenvalue weighted by Gasteiger charge is -2.34. The molecule has 10 aromatic carbocycles. The SMILES string of the molecule is c1ccc([Si](c2ccccc2)(c2ccccc2)c2ccc(-n3c4ccccc4c4cc(-n5c6ccccc6c6cccc(-c7ccc8c(c7)sc7ccccc78)c65)ccc43)cc2)cc1. The first-order valence-electron chi connectivity index (χ1n) is 22.0. The van der Waals surface area contributed by atoms with Gasteiger partial charge in [-0.25, -0.2) is 0 Å². The van der Waals surface area contributed by atoms with E-state index in [9.17, 15) is 0 Å². The van der Waals surface area contributed by atoms with Gasteiger partial charge in [0.15, 0.2) is 8.07 Å². The lowest BCUT2D eigenvalue weighted by atomic mass is 10.0. The van der Waals surface area contributed by atoms with Crippen molar-refractivity contribution in [2.24, 2.45) is 0 Å². The number of nitrogens with zero attached hydrogens (tertiary/aromatic N) is 2. The normalized spacial score (nSPS) is 12.1. The minimum Gasteiger partial charge on any atom is -0.309 e. The lowest BCUT2D eigenvalue weighted by Crippen LogP contribution is -2.74. The number of thiophene rings is 1. The maximum absolute atomic E-state index is 2.66. The molecule has 3 aromatic heterocycles. The second-order valence-electron chi connectivity index (χ2n) is 16.8. The smallest absolute Gasteiger partial charge is 0.179 e. The van der Waals surface area contributed by atoms with Crippen LogP contribution in [0.2, 0.25) is 0 Å². The highest BCUT2D eigenvalue weighted by Crippen LogP contribution is 2.42. The number of para-hydroxylation sites is 3. The van der Waals surface area contributed by atoms with Gasteiger partial charge in [-0.05, 0) is 80.9 Å². The van der Waals surface area contributed by atoms with Crippen molar-refractivity contribution >= 4 is 104 Å². The van der Waals surface area contributed by atoms with Gasteiger partial charge in [0.25, 0.3) is 0 Å². The molecule has 0 saturated carbocycles. The van der Waals surface area contributed by atoms with Gasteiger partial charge in [0.05, 0.1) is 22.1 Å². The van der Waals surface area contributed by atoms with E-state index in [1.54, 1.807) is 0 Å². The van der Waals surface area contributed by atoms with Gasteiger partial charge in [0.1, 0.15) is 0 Å². The number of aromatic nitrogens is 2. The molecular formula is C60H40N2SSi. The molecule has 0 N–H and O–H groups in total. The fourth-order valence-corrected chi connectivity index (χ4v) is 16.6. The van der Waals surface area contributed by atoms with Crippen LogP contribution < -0.4 is 20.7 Å². The lowest BCUT2D eigenvalue weighted by molar-refractivity contribution is 1.17. The second-order valence-corrected chi connectivity index (χ2v) is 21.7. The average molecular weight is 849 g/mol. The van der Waals surface area contributed by atoms with Crippen LogP contribution in [0.1, 0.15) is 0 Å². The highest BCUT2D eigenvalue weighted by molar-refractivity contribution is 7.25. The van der Waals surface area contributed by atoms with Gasteiger partial charge in [0.2, 0.25) is 0 Å². The molecule has 0 aliphatic rings. The van der Waals surface area contributed by atoms with Crippen molar-refractivity contribution in [3.05, 3.63) is 243 Å². The largest absolute Gasteiger partial charge is 0.309 e. The summed E-state index contributed by atoms with van der Waals surface area (Å²) in [4.78, 5) is 0. The van der Waals surface area contributed by atoms with E-state index in [4.69, 9.17) is 0 Å². The van der Waals surface area contributed by atoms with Gasteiger partial charge in [-0.3, -0.25) is 0 Å². The summed E-state index contributed by atoms with van der Waals surface area (Å²) in [5.74, 6) is 0. The molecule has 0 unspecified atom stereocenters. The molecule has 0 saturated heterocycles. The molecule has 64 heavy (non-hydrogen) atoms. The third-order valence-electron chi connectivity index (χ3n) is 13.5. The first kappa shape index (κ1) is 36.9. The molecule has 0 atom stereocenters. The Balaban J connectivity index is 0.995. The molecule has 3 heterocycles. The summed E-state index contributed by atoms with van der Waals surface area (Å²) in [6.07, 6.45) is 0. The van der Waals surface area contributed by atoms with Crippen LogP contribution >= 0.6 is 11.3 Å². The maximum Gasteiger partial charge on any atom is 0.179 e. The van der Waals surface area contributed by atoms with Crippen molar-refractivity contribution in [1.29, 1.82) is 0 Å². The number of hydrogen-bond donors (Lipinski definition) is 0. The van der Waals surface area contributed by atoms with Gasteiger partial charge >= 0.3 is 0 Å². The van der Waals surface area contributed by atoms with Crippen LogP contribution in [0.5, 0.6) is 0 Å². The van der Waals surface area contributed by atoms with Gasteiger partial charge in [0, 0.05) is 58.7 Å². The summed E-state index contributed by atoms with van der Waals surface area (Å²) < 4.78 is 7.59. The minimum absolute atomic E-state index is 1.15. The topological polar surface area (TPSA) is 9.86 Å². The Kier molecular flexibility index (Phi) is 8.45. The summed E-state index contributed by atoms with van der Waals surface area (Å²) in [6.45, 7) is 0. The summed E-state index contributed by atoms with van der Waals surface area (Å²) in [6, 6.07) is 90.4. The van der Waals surface area contributed by atoms with Gasteiger partial charge in [-0.15, -0.1) is 11.3 Å². The third kappa shape index (κ3) is 5.50. The van der Waals surface area contributed by atoms with Crippen LogP contribution in [0.25, 0.3) is 86.3 Å². The van der Waals surface area contributed by atoms with E-state index >= 15 is 0 Å². The second kappa shape index (κ2) is 14.7. The molecule has 0 amide bonds. The Hall–Kier alpha value is -7.76. The summed E-state index contributed by atoms with van der Waals surface area (Å²) in [5, 5.41) is 13.1. The summed E-state index contributed by atoms with van der Waals surface area (Å²) in [7, 11) is -2.66. The van der Waals surface area contributed by atoms with Gasteiger partial charge in [-0.1, -0.05) is 188 Å². The van der Waals surface area contributed by atoms with Crippen LogP contribution in [0.15, 0.2) is 243 Å². The highest BCUT2D eigenvalue weighted by atomic mass is 32.1. The summed E-state index contributed by atoms with van der Waals surface area (Å²) in [5.41, 5.74) is 9.57. The standard InChI is InChI=1S/C60H40N2SSi/c1-4-17-44(18-5-1)64(45-19-6-2-7-20-45,46-21-8-3-9-22-46)47-35-32-42(33-36-47)61-55-28-13-11-24-50(55)54-40-43(34-38-57(54)61)62-56-29-14-10-23-49(56)53-27-16-26-48(60(53)62)41-31-37-52-51-25-12-15-30-58(51)63-59(52)39-41/h1-40H. The zero-order chi connectivity index (χ0) is 42.2. The van der Waals surface area contributed by atoms with Crippen LogP contribution in [-0.4, -0.2) is 17.2 Å². The quantitative estimate of drug-likeness (QED) is 0.112. The molecule has 0 radical (unpaired) electrons. The predicted octanol–water partition coefficient (Wildman–Crippen LogP) is 13.3. The van der Waals surface area contributed by atoms with Crippen molar-refractivity contribution in [3.8, 4) is 22.5 Å². The highest BCUT2D eigenvalue weighted by Gasteiger charge is 2.41. The minimum atomic E-state index is -2.66. The van der Waals surface area contributed by atoms with Crippen LogP contribution in [0.4, 0.5) is 0 Å². The molecule has 0 bridgehead atoms. The Morgan fingerprint density at radius 3 is 1.47 bits per heavy atom. The van der Waals surface area contributed by atoms with Crippen LogP contribution in [-0.2, 0) is 0 Å². The molecule has 13 rings (SSSR count). The maximum atomic E-state index is 2.50. The van der Waals surface area contributed by atoms with E-state index in [0.717, 1.165) is 11.4 Å². The fraction of sp³-hybridized carbons (Fsp3) is 0. The third-order valence-corrected chi connectivity index (χ3v) is 19.4. The molecule has 2 nitrogen and oxygen atoms in total. The van der Waals surface area contributed by atoms with Gasteiger partial charge in [-0.2, -0.15) is 0 Å². The molecule has 0 aliphatic heterocycles. The van der Waals surface area contributed by atoms with Crippen LogP contribution in [0, 0.1) is 0 Å². The zero-order valence-electron chi connectivity index (χ0n) is 34.9. The molecule has 300 valence electrons. The van der Waals surface area contributed by atoms with Crippen molar-refractivity contribution in [2.75, 3.05) is 0 Å². The number of hydrogen-bond acceptors (Lipinski definition) is 1. The van der Waals surface area contributed by atoms with E-state index in [-0.39, 0.29) is 0 Å². The van der Waals surface area contributed by atoms with E-state index in [2.05, 4.69) is 252 Å². The average Bonchev–Trinajstić information content (AvgIpc) is 4.03. The molecule has 0 aliphatic carbocycles. The van der Waals surface area contributed by atoms with E-state index in [0.29, 0.717) is 0 Å². The molecular weight excluding hydrogens is 809 g/mol. The fourth-order valence-electron chi connectivity index (χ4n) is 10.7. The van der Waals surface area contributed by atoms with Gasteiger partial charge < -0.3 is 9.13 Å². The van der Waals surface area contributed by atoms with E-state index in [1.807, 2.05) is 11.3 Å². The summed E-state index contributed by atoms with van der Waals surface area (Å²) >= 11 is 1.88. The van der Waals surface area contributed by atoms with Crippen molar-refractivity contribution < 1.29 is 0 Å². The Bertz CT molecular complexity index is 3790. The Labute approximate surface area is 376 Å². The van der Waals surface area contributed by atoms with Crippen LogP contribution in [0.3, 0.4) is 0 Å². The molecule has 4 heteroatoms.